The van der Waals surface area contributed by atoms with Crippen LogP contribution in [0.4, 0.5) is 5.69 Å². The number of rotatable bonds is 7. The molecule has 1 aliphatic carbocycles. The number of carbonyl (C=O) groups is 1. The molecule has 1 atom stereocenters. The number of nitro groups is 1. The molecule has 0 heterocycles. The van der Waals surface area contributed by atoms with E-state index >= 15 is 0 Å². The van der Waals surface area contributed by atoms with Crippen molar-refractivity contribution in [3.63, 3.8) is 0 Å². The molecule has 8 nitrogen and oxygen atoms in total. The highest BCUT2D eigenvalue weighted by atomic mass is 16.6. The van der Waals surface area contributed by atoms with Crippen LogP contribution in [0.15, 0.2) is 18.2 Å². The highest BCUT2D eigenvalue weighted by molar-refractivity contribution is 5.85. The maximum atomic E-state index is 11.5. The van der Waals surface area contributed by atoms with Crippen LogP contribution in [0.5, 0.6) is 11.5 Å². The largest absolute Gasteiger partial charge is 0.496 e. The Bertz CT molecular complexity index is 573. The molecule has 1 fully saturated rings. The van der Waals surface area contributed by atoms with Crippen LogP contribution in [0.3, 0.4) is 0 Å². The molecule has 4 N–H and O–H groups in total. The van der Waals surface area contributed by atoms with Gasteiger partial charge in [-0.25, -0.2) is 0 Å². The van der Waals surface area contributed by atoms with Crippen molar-refractivity contribution in [2.24, 2.45) is 17.4 Å². The molecule has 1 unspecified atom stereocenters. The molecule has 0 aromatic heterocycles. The molecule has 8 heteroatoms. The van der Waals surface area contributed by atoms with E-state index in [4.69, 9.17) is 20.9 Å². The smallest absolute Gasteiger partial charge is 0.314 e. The van der Waals surface area contributed by atoms with Gasteiger partial charge >= 0.3 is 5.69 Å². The summed E-state index contributed by atoms with van der Waals surface area (Å²) >= 11 is 0. The fraction of sp³-hybridized carbons (Fsp3) is 0.462. The molecule has 1 aromatic rings. The Hall–Kier alpha value is -2.35. The van der Waals surface area contributed by atoms with Crippen LogP contribution < -0.4 is 20.9 Å². The van der Waals surface area contributed by atoms with E-state index in [2.05, 4.69) is 0 Å². The zero-order valence-electron chi connectivity index (χ0n) is 11.6. The lowest BCUT2D eigenvalue weighted by Gasteiger charge is -2.25. The van der Waals surface area contributed by atoms with Gasteiger partial charge in [0.15, 0.2) is 5.75 Å². The molecule has 0 spiro atoms. The van der Waals surface area contributed by atoms with Crippen LogP contribution in [0, 0.1) is 16.0 Å². The number of methoxy groups -OCH3 is 1. The average Bonchev–Trinajstić information content (AvgIpc) is 3.29. The Balaban J connectivity index is 2.19. The van der Waals surface area contributed by atoms with Crippen molar-refractivity contribution >= 4 is 11.6 Å². The van der Waals surface area contributed by atoms with Crippen molar-refractivity contribution in [1.82, 2.24) is 0 Å². The number of nitro benzene ring substituents is 1. The molecule has 0 saturated heterocycles. The number of amides is 1. The Kier molecular flexibility index (Phi) is 3.99. The van der Waals surface area contributed by atoms with E-state index in [0.717, 1.165) is 12.8 Å². The molecule has 1 amide bonds. The van der Waals surface area contributed by atoms with Gasteiger partial charge in [-0.1, -0.05) is 0 Å². The lowest BCUT2D eigenvalue weighted by atomic mass is 9.95. The van der Waals surface area contributed by atoms with Crippen LogP contribution >= 0.6 is 0 Å². The van der Waals surface area contributed by atoms with Gasteiger partial charge in [0.05, 0.1) is 18.1 Å². The van der Waals surface area contributed by atoms with Gasteiger partial charge in [-0.2, -0.15) is 0 Å². The van der Waals surface area contributed by atoms with E-state index < -0.39 is 16.4 Å². The minimum absolute atomic E-state index is 0.0255. The second-order valence-corrected chi connectivity index (χ2v) is 5.06. The molecule has 0 aliphatic heterocycles. The molecule has 2 rings (SSSR count). The van der Waals surface area contributed by atoms with E-state index in [1.807, 2.05) is 0 Å². The molecular formula is C13H17N3O5. The summed E-state index contributed by atoms with van der Waals surface area (Å²) in [6.45, 7) is -0.194. The average molecular weight is 295 g/mol. The monoisotopic (exact) mass is 295 g/mol. The lowest BCUT2D eigenvalue weighted by Crippen LogP contribution is -2.58. The molecule has 1 saturated carbocycles. The van der Waals surface area contributed by atoms with E-state index in [9.17, 15) is 14.9 Å². The first-order valence-corrected chi connectivity index (χ1v) is 6.42. The van der Waals surface area contributed by atoms with E-state index in [-0.39, 0.29) is 24.0 Å². The Morgan fingerprint density at radius 2 is 2.19 bits per heavy atom. The molecule has 114 valence electrons. The fourth-order valence-corrected chi connectivity index (χ4v) is 2.07. The van der Waals surface area contributed by atoms with Gasteiger partial charge in [-0.05, 0) is 30.9 Å². The third-order valence-corrected chi connectivity index (χ3v) is 3.59. The number of carbonyl (C=O) groups excluding carboxylic acids is 1. The number of hydrogen-bond acceptors (Lipinski definition) is 6. The molecule has 0 bridgehead atoms. The SMILES string of the molecule is COc1ccc(OCC(N)(C(N)=O)C2CC2)c([N+](=O)[O-])c1. The first-order chi connectivity index (χ1) is 9.88. The molecule has 1 aliphatic rings. The zero-order valence-corrected chi connectivity index (χ0v) is 11.6. The second-order valence-electron chi connectivity index (χ2n) is 5.06. The van der Waals surface area contributed by atoms with Crippen LogP contribution in [0.25, 0.3) is 0 Å². The normalized spacial score (nSPS) is 16.9. The first-order valence-electron chi connectivity index (χ1n) is 6.42. The van der Waals surface area contributed by atoms with Crippen molar-refractivity contribution < 1.29 is 19.2 Å². The standard InChI is InChI=1S/C13H17N3O5/c1-20-9-4-5-11(10(6-9)16(18)19)21-7-13(15,12(14)17)8-2-3-8/h4-6,8H,2-3,7,15H2,1H3,(H2,14,17). The Morgan fingerprint density at radius 1 is 1.52 bits per heavy atom. The Labute approximate surface area is 121 Å². The van der Waals surface area contributed by atoms with Crippen molar-refractivity contribution in [2.45, 2.75) is 18.4 Å². The maximum Gasteiger partial charge on any atom is 0.314 e. The summed E-state index contributed by atoms with van der Waals surface area (Å²) in [7, 11) is 1.41. The number of primary amides is 1. The summed E-state index contributed by atoms with van der Waals surface area (Å²) in [5.41, 5.74) is 9.75. The number of nitrogens with two attached hydrogens (primary N) is 2. The van der Waals surface area contributed by atoms with Gasteiger partial charge in [0.25, 0.3) is 0 Å². The van der Waals surface area contributed by atoms with Crippen LogP contribution in [-0.4, -0.2) is 30.1 Å². The zero-order chi connectivity index (χ0) is 15.6. The van der Waals surface area contributed by atoms with E-state index in [1.165, 1.54) is 25.3 Å². The molecular weight excluding hydrogens is 278 g/mol. The number of ether oxygens (including phenoxy) is 2. The van der Waals surface area contributed by atoms with Gasteiger partial charge in [0.2, 0.25) is 5.91 Å². The van der Waals surface area contributed by atoms with Crippen molar-refractivity contribution in [3.05, 3.63) is 28.3 Å². The molecule has 1 aromatic carbocycles. The van der Waals surface area contributed by atoms with Crippen molar-refractivity contribution in [2.75, 3.05) is 13.7 Å². The van der Waals surface area contributed by atoms with Gasteiger partial charge in [0, 0.05) is 0 Å². The summed E-state index contributed by atoms with van der Waals surface area (Å²) in [5, 5.41) is 11.0. The quantitative estimate of drug-likeness (QED) is 0.558. The van der Waals surface area contributed by atoms with Gasteiger partial charge in [0.1, 0.15) is 17.9 Å². The maximum absolute atomic E-state index is 11.5. The number of benzene rings is 1. The summed E-state index contributed by atoms with van der Waals surface area (Å²) in [6, 6.07) is 4.18. The molecule has 21 heavy (non-hydrogen) atoms. The minimum atomic E-state index is -1.30. The van der Waals surface area contributed by atoms with Crippen molar-refractivity contribution in [3.8, 4) is 11.5 Å². The topological polar surface area (TPSA) is 131 Å². The minimum Gasteiger partial charge on any atom is -0.496 e. The highest BCUT2D eigenvalue weighted by Crippen LogP contribution is 2.39. The van der Waals surface area contributed by atoms with Crippen LogP contribution in [-0.2, 0) is 4.79 Å². The van der Waals surface area contributed by atoms with Crippen LogP contribution in [0.2, 0.25) is 0 Å². The predicted molar refractivity (Wildman–Crippen MR) is 74.0 cm³/mol. The number of nitrogens with zero attached hydrogens (tertiary/aromatic N) is 1. The third kappa shape index (κ3) is 3.05. The summed E-state index contributed by atoms with van der Waals surface area (Å²) in [5.74, 6) is -0.337. The third-order valence-electron chi connectivity index (χ3n) is 3.59. The van der Waals surface area contributed by atoms with E-state index in [1.54, 1.807) is 0 Å². The van der Waals surface area contributed by atoms with E-state index in [0.29, 0.717) is 5.75 Å². The fourth-order valence-electron chi connectivity index (χ4n) is 2.07. The van der Waals surface area contributed by atoms with Gasteiger partial charge in [-0.3, -0.25) is 14.9 Å². The lowest BCUT2D eigenvalue weighted by molar-refractivity contribution is -0.386. The second kappa shape index (κ2) is 5.57. The summed E-state index contributed by atoms with van der Waals surface area (Å²) in [6.07, 6.45) is 1.60. The van der Waals surface area contributed by atoms with Crippen molar-refractivity contribution in [1.29, 1.82) is 0 Å². The van der Waals surface area contributed by atoms with Gasteiger partial charge in [-0.15, -0.1) is 0 Å². The Morgan fingerprint density at radius 3 is 2.67 bits per heavy atom. The highest BCUT2D eigenvalue weighted by Gasteiger charge is 2.47. The van der Waals surface area contributed by atoms with Gasteiger partial charge < -0.3 is 20.9 Å². The predicted octanol–water partition coefficient (Wildman–Crippen LogP) is 0.575. The first kappa shape index (κ1) is 15.0. The van der Waals surface area contributed by atoms with Crippen LogP contribution in [0.1, 0.15) is 12.8 Å². The number of hydrogen-bond donors (Lipinski definition) is 2. The molecule has 0 radical (unpaired) electrons. The summed E-state index contributed by atoms with van der Waals surface area (Å²) < 4.78 is 10.3. The summed E-state index contributed by atoms with van der Waals surface area (Å²) in [4.78, 5) is 22.0.